The fraction of sp³-hybridized carbons (Fsp3) is 0.588. The summed E-state index contributed by atoms with van der Waals surface area (Å²) in [5.41, 5.74) is 1.57. The Morgan fingerprint density at radius 2 is 2.11 bits per heavy atom. The van der Waals surface area contributed by atoms with Gasteiger partial charge in [0.2, 0.25) is 5.91 Å². The zero-order valence-electron chi connectivity index (χ0n) is 11.7. The zero-order chi connectivity index (χ0) is 13.3. The zero-order valence-corrected chi connectivity index (χ0v) is 11.7. The molecule has 1 aliphatic carbocycles. The molecule has 1 aromatic carbocycles. The Hall–Kier alpha value is -1.31. The number of rotatable bonds is 2. The Morgan fingerprint density at radius 3 is 2.84 bits per heavy atom. The van der Waals surface area contributed by atoms with E-state index in [-0.39, 0.29) is 11.3 Å². The summed E-state index contributed by atoms with van der Waals surface area (Å²) in [7, 11) is 0. The molecule has 2 fully saturated rings. The lowest BCUT2D eigenvalue weighted by atomic mass is 9.65. The van der Waals surface area contributed by atoms with E-state index in [1.807, 2.05) is 0 Å². The van der Waals surface area contributed by atoms with Gasteiger partial charge < -0.3 is 5.32 Å². The summed E-state index contributed by atoms with van der Waals surface area (Å²) in [6, 6.07) is 10.9. The van der Waals surface area contributed by atoms with Gasteiger partial charge in [0.25, 0.3) is 0 Å². The van der Waals surface area contributed by atoms with Crippen LogP contribution < -0.4 is 5.32 Å². The van der Waals surface area contributed by atoms with Crippen molar-refractivity contribution in [1.29, 1.82) is 0 Å². The molecule has 2 aliphatic rings. The summed E-state index contributed by atoms with van der Waals surface area (Å²) in [5.74, 6) is 1.02. The van der Waals surface area contributed by atoms with Crippen molar-refractivity contribution in [2.75, 3.05) is 0 Å². The third-order valence-corrected chi connectivity index (χ3v) is 5.00. The quantitative estimate of drug-likeness (QED) is 0.865. The summed E-state index contributed by atoms with van der Waals surface area (Å²) in [6.07, 6.45) is 6.76. The predicted molar refractivity (Wildman–Crippen MR) is 76.8 cm³/mol. The van der Waals surface area contributed by atoms with Crippen LogP contribution in [0.4, 0.5) is 0 Å². The fourth-order valence-electron chi connectivity index (χ4n) is 4.14. The monoisotopic (exact) mass is 257 g/mol. The van der Waals surface area contributed by atoms with Crippen LogP contribution >= 0.6 is 0 Å². The number of amides is 1. The molecule has 2 heteroatoms. The SMILES string of the molecule is CC1CCCC2(CC(=O)NC2Cc2ccccc2)C1. The van der Waals surface area contributed by atoms with Crippen LogP contribution in [0.3, 0.4) is 0 Å². The van der Waals surface area contributed by atoms with Gasteiger partial charge >= 0.3 is 0 Å². The first-order valence-electron chi connectivity index (χ1n) is 7.51. The van der Waals surface area contributed by atoms with Crippen LogP contribution in [0.5, 0.6) is 0 Å². The highest BCUT2D eigenvalue weighted by atomic mass is 16.2. The van der Waals surface area contributed by atoms with Crippen LogP contribution in [0.2, 0.25) is 0 Å². The highest BCUT2D eigenvalue weighted by Crippen LogP contribution is 2.48. The topological polar surface area (TPSA) is 29.1 Å². The summed E-state index contributed by atoms with van der Waals surface area (Å²) in [5, 5.41) is 3.24. The first-order valence-corrected chi connectivity index (χ1v) is 7.51. The molecule has 0 bridgehead atoms. The number of nitrogens with one attached hydrogen (secondary N) is 1. The minimum Gasteiger partial charge on any atom is -0.352 e. The lowest BCUT2D eigenvalue weighted by molar-refractivity contribution is -0.119. The average molecular weight is 257 g/mol. The molecule has 2 nitrogen and oxygen atoms in total. The second-order valence-corrected chi connectivity index (χ2v) is 6.55. The van der Waals surface area contributed by atoms with Crippen LogP contribution in [0.15, 0.2) is 30.3 Å². The number of hydrogen-bond donors (Lipinski definition) is 1. The number of carbonyl (C=O) groups excluding carboxylic acids is 1. The molecule has 102 valence electrons. The van der Waals surface area contributed by atoms with Crippen molar-refractivity contribution in [1.82, 2.24) is 5.32 Å². The maximum absolute atomic E-state index is 11.9. The van der Waals surface area contributed by atoms with Gasteiger partial charge in [-0.05, 0) is 36.2 Å². The van der Waals surface area contributed by atoms with E-state index in [0.717, 1.165) is 18.8 Å². The van der Waals surface area contributed by atoms with Crippen molar-refractivity contribution < 1.29 is 4.79 Å². The molecule has 1 aromatic rings. The molecule has 1 heterocycles. The third kappa shape index (κ3) is 2.54. The number of hydrogen-bond acceptors (Lipinski definition) is 1. The standard InChI is InChI=1S/C17H23NO/c1-13-6-5-9-17(11-13)12-16(19)18-15(17)10-14-7-3-2-4-8-14/h2-4,7-8,13,15H,5-6,9-12H2,1H3,(H,18,19). The fourth-order valence-corrected chi connectivity index (χ4v) is 4.14. The van der Waals surface area contributed by atoms with E-state index in [4.69, 9.17) is 0 Å². The molecule has 3 atom stereocenters. The highest BCUT2D eigenvalue weighted by molar-refractivity contribution is 5.80. The molecule has 19 heavy (non-hydrogen) atoms. The largest absolute Gasteiger partial charge is 0.352 e. The average Bonchev–Trinajstić information content (AvgIpc) is 2.66. The van der Waals surface area contributed by atoms with E-state index < -0.39 is 0 Å². The van der Waals surface area contributed by atoms with E-state index in [1.54, 1.807) is 0 Å². The predicted octanol–water partition coefficient (Wildman–Crippen LogP) is 3.31. The molecular formula is C17H23NO. The minimum absolute atomic E-state index is 0.227. The van der Waals surface area contributed by atoms with Crippen molar-refractivity contribution in [3.63, 3.8) is 0 Å². The molecule has 1 aliphatic heterocycles. The van der Waals surface area contributed by atoms with Gasteiger partial charge in [0.15, 0.2) is 0 Å². The van der Waals surface area contributed by atoms with Gasteiger partial charge in [0.1, 0.15) is 0 Å². The summed E-state index contributed by atoms with van der Waals surface area (Å²) in [4.78, 5) is 11.9. The lowest BCUT2D eigenvalue weighted by Crippen LogP contribution is -2.41. The van der Waals surface area contributed by atoms with Gasteiger partial charge in [0.05, 0.1) is 0 Å². The number of benzene rings is 1. The molecule has 0 radical (unpaired) electrons. The lowest BCUT2D eigenvalue weighted by Gasteiger charge is -2.40. The van der Waals surface area contributed by atoms with Gasteiger partial charge in [-0.25, -0.2) is 0 Å². The molecule has 1 spiro atoms. The van der Waals surface area contributed by atoms with Crippen LogP contribution in [0.25, 0.3) is 0 Å². The van der Waals surface area contributed by atoms with Crippen molar-refractivity contribution in [2.45, 2.75) is 51.5 Å². The van der Waals surface area contributed by atoms with E-state index >= 15 is 0 Å². The molecular weight excluding hydrogens is 234 g/mol. The van der Waals surface area contributed by atoms with Gasteiger partial charge in [-0.3, -0.25) is 4.79 Å². The summed E-state index contributed by atoms with van der Waals surface area (Å²) < 4.78 is 0. The summed E-state index contributed by atoms with van der Waals surface area (Å²) >= 11 is 0. The maximum atomic E-state index is 11.9. The van der Waals surface area contributed by atoms with Crippen molar-refractivity contribution in [2.24, 2.45) is 11.3 Å². The summed E-state index contributed by atoms with van der Waals surface area (Å²) in [6.45, 7) is 2.34. The second kappa shape index (κ2) is 4.99. The second-order valence-electron chi connectivity index (χ2n) is 6.55. The normalized spacial score (nSPS) is 34.5. The van der Waals surface area contributed by atoms with Crippen LogP contribution in [0.1, 0.15) is 44.6 Å². The van der Waals surface area contributed by atoms with E-state index in [1.165, 1.54) is 31.2 Å². The van der Waals surface area contributed by atoms with Gasteiger partial charge in [-0.1, -0.05) is 50.1 Å². The Morgan fingerprint density at radius 1 is 1.32 bits per heavy atom. The van der Waals surface area contributed by atoms with Crippen LogP contribution in [-0.2, 0) is 11.2 Å². The molecule has 1 saturated heterocycles. The molecule has 1 amide bonds. The van der Waals surface area contributed by atoms with Crippen LogP contribution in [-0.4, -0.2) is 11.9 Å². The van der Waals surface area contributed by atoms with Gasteiger partial charge in [-0.2, -0.15) is 0 Å². The van der Waals surface area contributed by atoms with Crippen molar-refractivity contribution >= 4 is 5.91 Å². The van der Waals surface area contributed by atoms with Gasteiger partial charge in [0, 0.05) is 12.5 Å². The van der Waals surface area contributed by atoms with Crippen molar-refractivity contribution in [3.05, 3.63) is 35.9 Å². The maximum Gasteiger partial charge on any atom is 0.220 e. The highest BCUT2D eigenvalue weighted by Gasteiger charge is 2.48. The van der Waals surface area contributed by atoms with E-state index in [9.17, 15) is 4.79 Å². The molecule has 3 rings (SSSR count). The van der Waals surface area contributed by atoms with Crippen molar-refractivity contribution in [3.8, 4) is 0 Å². The Balaban J connectivity index is 1.80. The Kier molecular flexibility index (Phi) is 3.34. The molecule has 3 unspecified atom stereocenters. The first kappa shape index (κ1) is 12.7. The smallest absolute Gasteiger partial charge is 0.220 e. The minimum atomic E-state index is 0.227. The molecule has 1 saturated carbocycles. The van der Waals surface area contributed by atoms with E-state index in [0.29, 0.717) is 6.04 Å². The Labute approximate surface area is 115 Å². The first-order chi connectivity index (χ1) is 9.18. The number of carbonyl (C=O) groups is 1. The van der Waals surface area contributed by atoms with Crippen LogP contribution in [0, 0.1) is 11.3 Å². The Bertz CT molecular complexity index is 456. The third-order valence-electron chi connectivity index (χ3n) is 5.00. The molecule has 1 N–H and O–H groups in total. The molecule has 0 aromatic heterocycles. The van der Waals surface area contributed by atoms with E-state index in [2.05, 4.69) is 42.6 Å². The van der Waals surface area contributed by atoms with Gasteiger partial charge in [-0.15, -0.1) is 0 Å².